The Labute approximate surface area is 126 Å². The van der Waals surface area contributed by atoms with Gasteiger partial charge in [-0.3, -0.25) is 0 Å². The number of nitrogen functional groups attached to an aromatic ring is 1. The molecule has 0 aliphatic carbocycles. The molecule has 0 radical (unpaired) electrons. The molecule has 0 aliphatic rings. The molecule has 120 valence electrons. The zero-order chi connectivity index (χ0) is 16.3. The Balaban J connectivity index is 2.93. The molecule has 0 fully saturated rings. The van der Waals surface area contributed by atoms with Crippen molar-refractivity contribution in [3.05, 3.63) is 18.2 Å². The molecule has 1 rings (SSSR count). The lowest BCUT2D eigenvalue weighted by Gasteiger charge is -2.23. The number of para-hydroxylation sites is 1. The van der Waals surface area contributed by atoms with Crippen molar-refractivity contribution in [3.8, 4) is 5.75 Å². The van der Waals surface area contributed by atoms with Crippen molar-refractivity contribution in [3.63, 3.8) is 0 Å². The van der Waals surface area contributed by atoms with E-state index < -0.39 is 10.0 Å². The van der Waals surface area contributed by atoms with Gasteiger partial charge < -0.3 is 15.2 Å². The van der Waals surface area contributed by atoms with Gasteiger partial charge in [-0.2, -0.15) is 0 Å². The Morgan fingerprint density at radius 3 is 2.43 bits per heavy atom. The Morgan fingerprint density at radius 1 is 1.29 bits per heavy atom. The Kier molecular flexibility index (Phi) is 5.61. The summed E-state index contributed by atoms with van der Waals surface area (Å²) in [4.78, 5) is 0.0519. The van der Waals surface area contributed by atoms with Crippen LogP contribution >= 0.6 is 0 Å². The quantitative estimate of drug-likeness (QED) is 0.774. The second kappa shape index (κ2) is 6.64. The molecule has 1 aromatic rings. The first-order valence-electron chi connectivity index (χ1n) is 6.61. The molecule has 0 unspecified atom stereocenters. The normalized spacial score (nSPS) is 12.7. The summed E-state index contributed by atoms with van der Waals surface area (Å²) < 4.78 is 36.3. The van der Waals surface area contributed by atoms with Crippen LogP contribution in [0, 0.1) is 0 Å². The smallest absolute Gasteiger partial charge is 0.244 e. The summed E-state index contributed by atoms with van der Waals surface area (Å²) >= 11 is 0. The van der Waals surface area contributed by atoms with Crippen LogP contribution in [0.25, 0.3) is 0 Å². The largest absolute Gasteiger partial charge is 0.491 e. The lowest BCUT2D eigenvalue weighted by molar-refractivity contribution is 0.00550. The van der Waals surface area contributed by atoms with E-state index in [9.17, 15) is 8.42 Å². The maximum Gasteiger partial charge on any atom is 0.244 e. The molecule has 21 heavy (non-hydrogen) atoms. The van der Waals surface area contributed by atoms with Crippen molar-refractivity contribution in [2.24, 2.45) is 0 Å². The predicted octanol–water partition coefficient (Wildman–Crippen LogP) is 1.71. The fraction of sp³-hybridized carbons (Fsp3) is 0.571. The molecule has 0 spiro atoms. The van der Waals surface area contributed by atoms with Gasteiger partial charge >= 0.3 is 0 Å². The molecule has 0 atom stereocenters. The van der Waals surface area contributed by atoms with E-state index in [4.69, 9.17) is 15.2 Å². The highest BCUT2D eigenvalue weighted by atomic mass is 32.2. The lowest BCUT2D eigenvalue weighted by atomic mass is 10.1. The molecule has 0 bridgehead atoms. The second-order valence-electron chi connectivity index (χ2n) is 5.52. The summed E-state index contributed by atoms with van der Waals surface area (Å²) in [6.07, 6.45) is 0.660. The average Bonchev–Trinajstić information content (AvgIpc) is 2.40. The first-order chi connectivity index (χ1) is 9.62. The van der Waals surface area contributed by atoms with Crippen molar-refractivity contribution < 1.29 is 17.9 Å². The van der Waals surface area contributed by atoms with Crippen LogP contribution in [0.1, 0.15) is 20.3 Å². The number of nitrogens with two attached hydrogens (primary N) is 1. The third-order valence-electron chi connectivity index (χ3n) is 3.30. The number of hydrogen-bond donors (Lipinski definition) is 1. The third kappa shape index (κ3) is 4.33. The fourth-order valence-corrected chi connectivity index (χ4v) is 2.60. The predicted molar refractivity (Wildman–Crippen MR) is 82.9 cm³/mol. The van der Waals surface area contributed by atoms with Crippen LogP contribution in [0.2, 0.25) is 0 Å². The van der Waals surface area contributed by atoms with Crippen LogP contribution in [-0.4, -0.2) is 46.1 Å². The maximum atomic E-state index is 12.2. The molecule has 2 N–H and O–H groups in total. The lowest BCUT2D eigenvalue weighted by Crippen LogP contribution is -2.25. The summed E-state index contributed by atoms with van der Waals surface area (Å²) in [6, 6.07) is 4.74. The summed E-state index contributed by atoms with van der Waals surface area (Å²) in [6.45, 7) is 4.29. The van der Waals surface area contributed by atoms with E-state index in [1.807, 2.05) is 13.8 Å². The maximum absolute atomic E-state index is 12.2. The summed E-state index contributed by atoms with van der Waals surface area (Å²) in [5, 5.41) is 0. The van der Waals surface area contributed by atoms with Crippen LogP contribution in [0.3, 0.4) is 0 Å². The van der Waals surface area contributed by atoms with E-state index in [1.165, 1.54) is 20.2 Å². The van der Waals surface area contributed by atoms with E-state index in [-0.39, 0.29) is 16.2 Å². The SMILES string of the molecule is COC(C)(C)CCOc1cccc(S(=O)(=O)N(C)C)c1N. The van der Waals surface area contributed by atoms with Crippen LogP contribution in [-0.2, 0) is 14.8 Å². The summed E-state index contributed by atoms with van der Waals surface area (Å²) in [7, 11) is 0.976. The zero-order valence-corrected chi connectivity index (χ0v) is 14.0. The monoisotopic (exact) mass is 316 g/mol. The van der Waals surface area contributed by atoms with Gasteiger partial charge in [-0.25, -0.2) is 12.7 Å². The molecule has 0 aromatic heterocycles. The minimum Gasteiger partial charge on any atom is -0.491 e. The highest BCUT2D eigenvalue weighted by Gasteiger charge is 2.22. The van der Waals surface area contributed by atoms with Gasteiger partial charge in [-0.15, -0.1) is 0 Å². The Morgan fingerprint density at radius 2 is 1.90 bits per heavy atom. The van der Waals surface area contributed by atoms with E-state index in [0.717, 1.165) is 4.31 Å². The van der Waals surface area contributed by atoms with Crippen LogP contribution < -0.4 is 10.5 Å². The van der Waals surface area contributed by atoms with Crippen LogP contribution in [0.5, 0.6) is 5.75 Å². The number of methoxy groups -OCH3 is 1. The van der Waals surface area contributed by atoms with Gasteiger partial charge in [0.15, 0.2) is 0 Å². The average molecular weight is 316 g/mol. The summed E-state index contributed by atoms with van der Waals surface area (Å²) in [5.74, 6) is 0.366. The molecule has 0 amide bonds. The number of nitrogens with zero attached hydrogens (tertiary/aromatic N) is 1. The number of sulfonamides is 1. The zero-order valence-electron chi connectivity index (χ0n) is 13.2. The van der Waals surface area contributed by atoms with Crippen molar-refractivity contribution >= 4 is 15.7 Å². The first kappa shape index (κ1) is 17.7. The van der Waals surface area contributed by atoms with Crippen molar-refractivity contribution in [1.29, 1.82) is 0 Å². The minimum absolute atomic E-state index is 0.0519. The molecular formula is C14H24N2O4S. The highest BCUT2D eigenvalue weighted by molar-refractivity contribution is 7.89. The van der Waals surface area contributed by atoms with E-state index >= 15 is 0 Å². The molecule has 1 aromatic carbocycles. The molecule has 0 heterocycles. The van der Waals surface area contributed by atoms with Crippen LogP contribution in [0.15, 0.2) is 23.1 Å². The minimum atomic E-state index is -3.58. The fourth-order valence-electron chi connectivity index (χ4n) is 1.58. The van der Waals surface area contributed by atoms with Gasteiger partial charge in [0.2, 0.25) is 10.0 Å². The van der Waals surface area contributed by atoms with Crippen molar-refractivity contribution in [2.75, 3.05) is 33.5 Å². The van der Waals surface area contributed by atoms with Gasteiger partial charge in [0, 0.05) is 27.6 Å². The molecule has 7 heteroatoms. The van der Waals surface area contributed by atoms with Gasteiger partial charge in [0.25, 0.3) is 0 Å². The van der Waals surface area contributed by atoms with E-state index in [1.54, 1.807) is 19.2 Å². The molecular weight excluding hydrogens is 292 g/mol. The summed E-state index contributed by atoms with van der Waals surface area (Å²) in [5.41, 5.74) is 5.75. The second-order valence-corrected chi connectivity index (χ2v) is 7.64. The van der Waals surface area contributed by atoms with Gasteiger partial charge in [0.05, 0.1) is 17.9 Å². The van der Waals surface area contributed by atoms with Crippen molar-refractivity contribution in [1.82, 2.24) is 4.31 Å². The molecule has 0 saturated heterocycles. The van der Waals surface area contributed by atoms with E-state index in [2.05, 4.69) is 0 Å². The number of anilines is 1. The number of hydrogen-bond acceptors (Lipinski definition) is 5. The topological polar surface area (TPSA) is 81.9 Å². The molecule has 0 aliphatic heterocycles. The van der Waals surface area contributed by atoms with Crippen molar-refractivity contribution in [2.45, 2.75) is 30.8 Å². The molecule has 0 saturated carbocycles. The van der Waals surface area contributed by atoms with E-state index in [0.29, 0.717) is 18.8 Å². The first-order valence-corrected chi connectivity index (χ1v) is 8.05. The number of ether oxygens (including phenoxy) is 2. The Bertz CT molecular complexity index is 583. The standard InChI is InChI=1S/C14H24N2O4S/c1-14(2,19-5)9-10-20-11-7-6-8-12(13(11)15)21(17,18)16(3)4/h6-8H,9-10,15H2,1-5H3. The number of rotatable bonds is 7. The highest BCUT2D eigenvalue weighted by Crippen LogP contribution is 2.30. The number of benzene rings is 1. The Hall–Kier alpha value is -1.31. The van der Waals surface area contributed by atoms with Gasteiger partial charge in [-0.05, 0) is 26.0 Å². The third-order valence-corrected chi connectivity index (χ3v) is 5.17. The van der Waals surface area contributed by atoms with Gasteiger partial charge in [-0.1, -0.05) is 6.07 Å². The molecule has 6 nitrogen and oxygen atoms in total. The van der Waals surface area contributed by atoms with Crippen LogP contribution in [0.4, 0.5) is 5.69 Å². The van der Waals surface area contributed by atoms with Gasteiger partial charge in [0.1, 0.15) is 10.6 Å².